The monoisotopic (exact) mass is 492 g/mol. The number of amides is 2. The zero-order valence-corrected chi connectivity index (χ0v) is 20.8. The van der Waals surface area contributed by atoms with Gasteiger partial charge < -0.3 is 24.8 Å². The van der Waals surface area contributed by atoms with Crippen LogP contribution in [-0.4, -0.2) is 64.3 Å². The Hall–Kier alpha value is -2.16. The van der Waals surface area contributed by atoms with E-state index in [4.69, 9.17) is 21.1 Å². The summed E-state index contributed by atoms with van der Waals surface area (Å²) in [5, 5.41) is 13.5. The van der Waals surface area contributed by atoms with E-state index >= 15 is 0 Å². The van der Waals surface area contributed by atoms with E-state index in [9.17, 15) is 19.5 Å². The molecule has 186 valence electrons. The highest BCUT2D eigenvalue weighted by molar-refractivity contribution is 6.33. The van der Waals surface area contributed by atoms with Crippen molar-refractivity contribution in [3.63, 3.8) is 0 Å². The first-order valence-corrected chi connectivity index (χ1v) is 12.4. The van der Waals surface area contributed by atoms with Crippen LogP contribution in [0.1, 0.15) is 47.0 Å². The van der Waals surface area contributed by atoms with E-state index in [2.05, 4.69) is 5.32 Å². The summed E-state index contributed by atoms with van der Waals surface area (Å²) >= 11 is 6.28. The van der Waals surface area contributed by atoms with Crippen molar-refractivity contribution >= 4 is 35.1 Å². The van der Waals surface area contributed by atoms with E-state index in [1.807, 2.05) is 20.8 Å². The minimum atomic E-state index is -1.19. The van der Waals surface area contributed by atoms with Crippen LogP contribution in [0.2, 0.25) is 5.02 Å². The summed E-state index contributed by atoms with van der Waals surface area (Å²) < 4.78 is 11.9. The van der Waals surface area contributed by atoms with Crippen LogP contribution in [-0.2, 0) is 23.9 Å². The number of carbonyl (C=O) groups is 3. The molecule has 0 radical (unpaired) electrons. The standard InChI is InChI=1S/C25H33ClN2O6/c1-5-14(3)17(13-29)28-20(21(30)27-16-10-8-7-9-15(16)26)25-12-11-24(4,34-25)19(18(25)22(28)31)23(32)33-6-2/h7-10,14,17-20,29H,5-6,11-13H2,1-4H3,(H,27,30)/t14-,17-,18-,19-,20?,24+,25?/m0/s1. The molecule has 3 saturated heterocycles. The molecule has 0 saturated carbocycles. The minimum Gasteiger partial charge on any atom is -0.466 e. The lowest BCUT2D eigenvalue weighted by Crippen LogP contribution is -2.57. The molecular weight excluding hydrogens is 460 g/mol. The van der Waals surface area contributed by atoms with Crippen LogP contribution in [0, 0.1) is 17.8 Å². The average molecular weight is 493 g/mol. The molecule has 0 aromatic heterocycles. The van der Waals surface area contributed by atoms with Crippen LogP contribution in [0.3, 0.4) is 0 Å². The second-order valence-electron chi connectivity index (χ2n) is 9.83. The fourth-order valence-electron chi connectivity index (χ4n) is 6.19. The molecule has 3 aliphatic heterocycles. The predicted octanol–water partition coefficient (Wildman–Crippen LogP) is 3.01. The maximum absolute atomic E-state index is 14.0. The maximum atomic E-state index is 14.0. The van der Waals surface area contributed by atoms with E-state index in [1.54, 1.807) is 31.2 Å². The zero-order valence-electron chi connectivity index (χ0n) is 20.0. The molecule has 2 unspecified atom stereocenters. The van der Waals surface area contributed by atoms with Crippen molar-refractivity contribution in [3.05, 3.63) is 29.3 Å². The Balaban J connectivity index is 1.81. The summed E-state index contributed by atoms with van der Waals surface area (Å²) in [5.74, 6) is -3.02. The van der Waals surface area contributed by atoms with Gasteiger partial charge in [-0.3, -0.25) is 14.4 Å². The van der Waals surface area contributed by atoms with Crippen molar-refractivity contribution in [2.24, 2.45) is 17.8 Å². The van der Waals surface area contributed by atoms with E-state index in [0.717, 1.165) is 0 Å². The number of aliphatic hydroxyl groups excluding tert-OH is 1. The van der Waals surface area contributed by atoms with Crippen LogP contribution >= 0.6 is 11.6 Å². The Kier molecular flexibility index (Phi) is 6.70. The quantitative estimate of drug-likeness (QED) is 0.540. The lowest BCUT2D eigenvalue weighted by molar-refractivity contribution is -0.160. The highest BCUT2D eigenvalue weighted by Crippen LogP contribution is 2.63. The largest absolute Gasteiger partial charge is 0.466 e. The van der Waals surface area contributed by atoms with Crippen LogP contribution in [0.25, 0.3) is 0 Å². The molecule has 9 heteroatoms. The van der Waals surface area contributed by atoms with E-state index in [0.29, 0.717) is 30.0 Å². The second kappa shape index (κ2) is 9.13. The number of ether oxygens (including phenoxy) is 2. The number of benzene rings is 1. The zero-order chi connectivity index (χ0) is 24.8. The third-order valence-electron chi connectivity index (χ3n) is 7.98. The Morgan fingerprint density at radius 3 is 2.65 bits per heavy atom. The Labute approximate surface area is 204 Å². The number of likely N-dealkylation sites (tertiary alicyclic amines) is 1. The van der Waals surface area contributed by atoms with Gasteiger partial charge in [-0.1, -0.05) is 44.0 Å². The van der Waals surface area contributed by atoms with Crippen LogP contribution in [0.15, 0.2) is 24.3 Å². The first-order chi connectivity index (χ1) is 16.1. The van der Waals surface area contributed by atoms with E-state index in [-0.39, 0.29) is 25.0 Å². The summed E-state index contributed by atoms with van der Waals surface area (Å²) in [5.41, 5.74) is -1.66. The number of hydrogen-bond acceptors (Lipinski definition) is 6. The lowest BCUT2D eigenvalue weighted by Gasteiger charge is -2.39. The molecule has 34 heavy (non-hydrogen) atoms. The molecule has 8 nitrogen and oxygen atoms in total. The van der Waals surface area contributed by atoms with Gasteiger partial charge in [-0.2, -0.15) is 0 Å². The smallest absolute Gasteiger partial charge is 0.312 e. The summed E-state index contributed by atoms with van der Waals surface area (Å²) in [4.78, 5) is 42.4. The third-order valence-corrected chi connectivity index (χ3v) is 8.31. The second-order valence-corrected chi connectivity index (χ2v) is 10.2. The Bertz CT molecular complexity index is 988. The van der Waals surface area contributed by atoms with Crippen molar-refractivity contribution in [2.45, 2.75) is 70.2 Å². The fourth-order valence-corrected chi connectivity index (χ4v) is 6.37. The molecular formula is C25H33ClN2O6. The summed E-state index contributed by atoms with van der Waals surface area (Å²) in [6, 6.07) is 5.25. The number of halogens is 1. The normalized spacial score (nSPS) is 33.5. The number of rotatable bonds is 8. The molecule has 3 aliphatic rings. The number of nitrogens with one attached hydrogen (secondary N) is 1. The molecule has 3 heterocycles. The highest BCUT2D eigenvalue weighted by Gasteiger charge is 2.79. The highest BCUT2D eigenvalue weighted by atomic mass is 35.5. The molecule has 4 rings (SSSR count). The predicted molar refractivity (Wildman–Crippen MR) is 126 cm³/mol. The molecule has 2 bridgehead atoms. The third kappa shape index (κ3) is 3.62. The number of nitrogens with zero attached hydrogens (tertiary/aromatic N) is 1. The number of fused-ring (bicyclic) bond motifs is 1. The van der Waals surface area contributed by atoms with Gasteiger partial charge >= 0.3 is 5.97 Å². The fraction of sp³-hybridized carbons (Fsp3) is 0.640. The van der Waals surface area contributed by atoms with E-state index in [1.165, 1.54) is 4.90 Å². The number of para-hydroxylation sites is 1. The number of aliphatic hydroxyl groups is 1. The summed E-state index contributed by atoms with van der Waals surface area (Å²) in [7, 11) is 0. The molecule has 2 amide bonds. The number of esters is 1. The maximum Gasteiger partial charge on any atom is 0.312 e. The van der Waals surface area contributed by atoms with Crippen molar-refractivity contribution in [2.75, 3.05) is 18.5 Å². The molecule has 0 aliphatic carbocycles. The molecule has 1 aromatic rings. The van der Waals surface area contributed by atoms with Gasteiger partial charge in [0.05, 0.1) is 41.5 Å². The topological polar surface area (TPSA) is 105 Å². The van der Waals surface area contributed by atoms with Crippen molar-refractivity contribution in [1.29, 1.82) is 0 Å². The number of carbonyl (C=O) groups excluding carboxylic acids is 3. The lowest BCUT2D eigenvalue weighted by atomic mass is 9.66. The molecule has 1 aromatic carbocycles. The van der Waals surface area contributed by atoms with Gasteiger partial charge in [0.1, 0.15) is 17.6 Å². The van der Waals surface area contributed by atoms with Crippen LogP contribution < -0.4 is 5.32 Å². The first-order valence-electron chi connectivity index (χ1n) is 12.0. The molecule has 3 fully saturated rings. The number of anilines is 1. The SMILES string of the molecule is CCOC(=O)[C@@H]1[C@H]2C(=O)N([C@@H](CO)[C@@H](C)CC)C(C(=O)Nc3ccccc3Cl)C23CC[C@@]1(C)O3. The van der Waals surface area contributed by atoms with Crippen molar-refractivity contribution in [1.82, 2.24) is 4.90 Å². The summed E-state index contributed by atoms with van der Waals surface area (Å²) in [6.45, 7) is 7.33. The Morgan fingerprint density at radius 2 is 2.03 bits per heavy atom. The van der Waals surface area contributed by atoms with Gasteiger partial charge in [0.15, 0.2) is 0 Å². The first kappa shape index (κ1) is 24.9. The van der Waals surface area contributed by atoms with Crippen molar-refractivity contribution < 1.29 is 29.0 Å². The van der Waals surface area contributed by atoms with Gasteiger partial charge in [-0.15, -0.1) is 0 Å². The van der Waals surface area contributed by atoms with Gasteiger partial charge in [0, 0.05) is 0 Å². The number of hydrogen-bond donors (Lipinski definition) is 2. The molecule has 1 spiro atoms. The Morgan fingerprint density at radius 1 is 1.32 bits per heavy atom. The van der Waals surface area contributed by atoms with Gasteiger partial charge in [-0.25, -0.2) is 0 Å². The summed E-state index contributed by atoms with van der Waals surface area (Å²) in [6.07, 6.45) is 1.67. The van der Waals surface area contributed by atoms with Gasteiger partial charge in [0.2, 0.25) is 11.8 Å². The van der Waals surface area contributed by atoms with Crippen LogP contribution in [0.5, 0.6) is 0 Å². The van der Waals surface area contributed by atoms with Crippen LogP contribution in [0.4, 0.5) is 5.69 Å². The molecule has 2 N–H and O–H groups in total. The average Bonchev–Trinajstić information content (AvgIpc) is 3.37. The molecule has 7 atom stereocenters. The van der Waals surface area contributed by atoms with Gasteiger partial charge in [-0.05, 0) is 44.7 Å². The van der Waals surface area contributed by atoms with Gasteiger partial charge in [0.25, 0.3) is 0 Å². The van der Waals surface area contributed by atoms with E-state index < -0.39 is 47.0 Å². The minimum absolute atomic E-state index is 0.0754. The van der Waals surface area contributed by atoms with Crippen molar-refractivity contribution in [3.8, 4) is 0 Å².